The van der Waals surface area contributed by atoms with Gasteiger partial charge < -0.3 is 10.4 Å². The zero-order valence-corrected chi connectivity index (χ0v) is 8.42. The van der Waals surface area contributed by atoms with Crippen LogP contribution in [0, 0.1) is 0 Å². The van der Waals surface area contributed by atoms with E-state index in [-0.39, 0.29) is 5.75 Å². The fourth-order valence-electron chi connectivity index (χ4n) is 1.45. The van der Waals surface area contributed by atoms with Gasteiger partial charge in [-0.15, -0.1) is 0 Å². The van der Waals surface area contributed by atoms with Crippen molar-refractivity contribution >= 4 is 23.3 Å². The van der Waals surface area contributed by atoms with Crippen molar-refractivity contribution in [3.05, 3.63) is 42.4 Å². The summed E-state index contributed by atoms with van der Waals surface area (Å²) in [4.78, 5) is 14.1. The lowest BCUT2D eigenvalue weighted by Gasteiger charge is -2.02. The van der Waals surface area contributed by atoms with E-state index in [1.807, 2.05) is 24.3 Å². The summed E-state index contributed by atoms with van der Waals surface area (Å²) >= 11 is 0. The molecule has 0 bridgehead atoms. The Bertz CT molecular complexity index is 550. The average Bonchev–Trinajstić information content (AvgIpc) is 2.33. The second-order valence-electron chi connectivity index (χ2n) is 3.20. The fourth-order valence-corrected chi connectivity index (χ4v) is 1.45. The summed E-state index contributed by atoms with van der Waals surface area (Å²) in [7, 11) is 0. The highest BCUT2D eigenvalue weighted by atomic mass is 16.3. The van der Waals surface area contributed by atoms with Crippen molar-refractivity contribution in [3.63, 3.8) is 0 Å². The average molecular weight is 214 g/mol. The van der Waals surface area contributed by atoms with Crippen LogP contribution in [0.1, 0.15) is 5.69 Å². The van der Waals surface area contributed by atoms with Crippen molar-refractivity contribution in [2.45, 2.75) is 0 Å². The lowest BCUT2D eigenvalue weighted by Crippen LogP contribution is -1.98. The van der Waals surface area contributed by atoms with E-state index >= 15 is 0 Å². The van der Waals surface area contributed by atoms with E-state index in [9.17, 15) is 9.90 Å². The first-order chi connectivity index (χ1) is 7.83. The van der Waals surface area contributed by atoms with E-state index in [4.69, 9.17) is 0 Å². The maximum Gasteiger partial charge on any atom is 0.211 e. The van der Waals surface area contributed by atoms with Crippen molar-refractivity contribution in [3.8, 4) is 5.75 Å². The molecule has 16 heavy (non-hydrogen) atoms. The summed E-state index contributed by atoms with van der Waals surface area (Å²) in [5.41, 5.74) is 0.424. The van der Waals surface area contributed by atoms with Gasteiger partial charge in [-0.25, -0.2) is 0 Å². The zero-order chi connectivity index (χ0) is 11.4. The summed E-state index contributed by atoms with van der Waals surface area (Å²) in [6.45, 7) is 0. The van der Waals surface area contributed by atoms with Gasteiger partial charge in [0.2, 0.25) is 6.41 Å². The predicted octanol–water partition coefficient (Wildman–Crippen LogP) is 1.66. The molecule has 80 valence electrons. The monoisotopic (exact) mass is 214 g/mol. The molecule has 0 saturated heterocycles. The molecule has 1 aromatic carbocycles. The SMILES string of the molecule is O=CNC=Cc1ncc2ccccc2c1O. The van der Waals surface area contributed by atoms with Crippen LogP contribution in [0.15, 0.2) is 36.7 Å². The molecule has 0 aliphatic heterocycles. The summed E-state index contributed by atoms with van der Waals surface area (Å²) in [5, 5.41) is 13.9. The van der Waals surface area contributed by atoms with Crippen molar-refractivity contribution in [2.24, 2.45) is 0 Å². The number of aromatic hydroxyl groups is 1. The quantitative estimate of drug-likeness (QED) is 0.764. The molecule has 4 heteroatoms. The van der Waals surface area contributed by atoms with Gasteiger partial charge in [0.15, 0.2) is 0 Å². The lowest BCUT2D eigenvalue weighted by atomic mass is 10.1. The summed E-state index contributed by atoms with van der Waals surface area (Å²) in [6.07, 6.45) is 5.18. The molecule has 0 radical (unpaired) electrons. The van der Waals surface area contributed by atoms with Gasteiger partial charge in [-0.3, -0.25) is 9.78 Å². The van der Waals surface area contributed by atoms with E-state index in [0.29, 0.717) is 12.1 Å². The molecule has 0 unspecified atom stereocenters. The number of nitrogens with one attached hydrogen (secondary N) is 1. The van der Waals surface area contributed by atoms with Gasteiger partial charge in [0.25, 0.3) is 0 Å². The van der Waals surface area contributed by atoms with Crippen LogP contribution in [-0.2, 0) is 4.79 Å². The second-order valence-corrected chi connectivity index (χ2v) is 3.20. The Morgan fingerprint density at radius 2 is 2.12 bits per heavy atom. The maximum atomic E-state index is 10.0. The normalized spacial score (nSPS) is 10.8. The molecule has 0 aliphatic rings. The Morgan fingerprint density at radius 1 is 1.31 bits per heavy atom. The third kappa shape index (κ3) is 1.86. The Balaban J connectivity index is 2.48. The molecule has 1 amide bonds. The summed E-state index contributed by atoms with van der Waals surface area (Å²) < 4.78 is 0. The van der Waals surface area contributed by atoms with Gasteiger partial charge in [0, 0.05) is 23.2 Å². The van der Waals surface area contributed by atoms with E-state index < -0.39 is 0 Å². The van der Waals surface area contributed by atoms with Crippen LogP contribution in [0.4, 0.5) is 0 Å². The van der Waals surface area contributed by atoms with Gasteiger partial charge in [0.05, 0.1) is 0 Å². The van der Waals surface area contributed by atoms with Crippen LogP contribution in [-0.4, -0.2) is 16.5 Å². The van der Waals surface area contributed by atoms with Gasteiger partial charge >= 0.3 is 0 Å². The molecule has 0 fully saturated rings. The Hall–Kier alpha value is -2.36. The van der Waals surface area contributed by atoms with Gasteiger partial charge in [-0.2, -0.15) is 0 Å². The van der Waals surface area contributed by atoms with Gasteiger partial charge in [-0.1, -0.05) is 24.3 Å². The van der Waals surface area contributed by atoms with Crippen molar-refractivity contribution in [1.82, 2.24) is 10.3 Å². The minimum absolute atomic E-state index is 0.113. The third-order valence-corrected chi connectivity index (χ3v) is 2.21. The minimum Gasteiger partial charge on any atom is -0.505 e. The van der Waals surface area contributed by atoms with Crippen LogP contribution in [0.3, 0.4) is 0 Å². The highest BCUT2D eigenvalue weighted by molar-refractivity contribution is 5.89. The van der Waals surface area contributed by atoms with Crippen LogP contribution in [0.5, 0.6) is 5.75 Å². The molecule has 0 aliphatic carbocycles. The van der Waals surface area contributed by atoms with E-state index in [1.54, 1.807) is 6.20 Å². The number of benzene rings is 1. The highest BCUT2D eigenvalue weighted by Crippen LogP contribution is 2.27. The topological polar surface area (TPSA) is 62.2 Å². The number of carbonyl (C=O) groups is 1. The third-order valence-electron chi connectivity index (χ3n) is 2.21. The molecule has 0 spiro atoms. The summed E-state index contributed by atoms with van der Waals surface area (Å²) in [5.74, 6) is 0.113. The number of carbonyl (C=O) groups excluding carboxylic acids is 1. The lowest BCUT2D eigenvalue weighted by molar-refractivity contribution is -0.108. The number of fused-ring (bicyclic) bond motifs is 1. The molecular weight excluding hydrogens is 204 g/mol. The maximum absolute atomic E-state index is 10.0. The van der Waals surface area contributed by atoms with Crippen molar-refractivity contribution in [2.75, 3.05) is 0 Å². The number of hydrogen-bond acceptors (Lipinski definition) is 3. The Kier molecular flexibility index (Phi) is 2.82. The zero-order valence-electron chi connectivity index (χ0n) is 8.42. The van der Waals surface area contributed by atoms with E-state index in [0.717, 1.165) is 10.8 Å². The molecule has 2 N–H and O–H groups in total. The molecule has 4 nitrogen and oxygen atoms in total. The van der Waals surface area contributed by atoms with Crippen LogP contribution in [0.2, 0.25) is 0 Å². The fraction of sp³-hybridized carbons (Fsp3) is 0. The number of aromatic nitrogens is 1. The molecule has 2 aromatic rings. The number of hydrogen-bond donors (Lipinski definition) is 2. The highest BCUT2D eigenvalue weighted by Gasteiger charge is 2.04. The molecule has 1 heterocycles. The number of pyridine rings is 1. The van der Waals surface area contributed by atoms with Gasteiger partial charge in [0.1, 0.15) is 11.4 Å². The smallest absolute Gasteiger partial charge is 0.211 e. The van der Waals surface area contributed by atoms with Gasteiger partial charge in [-0.05, 0) is 6.08 Å². The standard InChI is InChI=1S/C12H10N2O2/c15-8-13-6-5-11-12(16)10-4-2-1-3-9(10)7-14-11/h1-8,16H,(H,13,15). The number of amides is 1. The first kappa shape index (κ1) is 10.2. The van der Waals surface area contributed by atoms with Crippen LogP contribution in [0.25, 0.3) is 16.8 Å². The van der Waals surface area contributed by atoms with Crippen molar-refractivity contribution < 1.29 is 9.90 Å². The van der Waals surface area contributed by atoms with Crippen LogP contribution < -0.4 is 5.32 Å². The molecule has 1 aromatic heterocycles. The Labute approximate surface area is 92.2 Å². The van der Waals surface area contributed by atoms with E-state index in [2.05, 4.69) is 10.3 Å². The molecule has 2 rings (SSSR count). The first-order valence-electron chi connectivity index (χ1n) is 4.76. The van der Waals surface area contributed by atoms with Crippen LogP contribution >= 0.6 is 0 Å². The molecule has 0 atom stereocenters. The van der Waals surface area contributed by atoms with E-state index in [1.165, 1.54) is 12.3 Å². The largest absolute Gasteiger partial charge is 0.505 e. The molecule has 0 saturated carbocycles. The van der Waals surface area contributed by atoms with Crippen molar-refractivity contribution in [1.29, 1.82) is 0 Å². The minimum atomic E-state index is 0.113. The predicted molar refractivity (Wildman–Crippen MR) is 61.6 cm³/mol. The molecular formula is C12H10N2O2. The summed E-state index contributed by atoms with van der Waals surface area (Å²) in [6, 6.07) is 7.42. The second kappa shape index (κ2) is 4.44. The number of rotatable bonds is 3. The Morgan fingerprint density at radius 3 is 2.94 bits per heavy atom. The first-order valence-corrected chi connectivity index (χ1v) is 4.76. The number of nitrogens with zero attached hydrogens (tertiary/aromatic N) is 1.